The molecule has 0 bridgehead atoms. The normalized spacial score (nSPS) is 25.5. The highest BCUT2D eigenvalue weighted by molar-refractivity contribution is 8.13. The molecule has 2 aliphatic rings. The van der Waals surface area contributed by atoms with Gasteiger partial charge >= 0.3 is 23.5 Å². The van der Waals surface area contributed by atoms with E-state index in [4.69, 9.17) is 24.3 Å². The van der Waals surface area contributed by atoms with Crippen molar-refractivity contribution in [3.05, 3.63) is 49.1 Å². The minimum Gasteiger partial charge on any atom is -0.393 e. The maximum absolute atomic E-state index is 12.8. The van der Waals surface area contributed by atoms with Crippen LogP contribution in [0.5, 0.6) is 0 Å². The Morgan fingerprint density at radius 3 is 2.41 bits per heavy atom. The number of ether oxygens (including phenoxy) is 2. The number of fused-ring (bicyclic) bond motifs is 1. The average molecular weight is 1120 g/mol. The number of hydrogen-bond acceptors (Lipinski definition) is 22. The van der Waals surface area contributed by atoms with Crippen LogP contribution in [0.2, 0.25) is 0 Å². The number of unbranched alkanes of at least 4 members (excludes halogenated alkanes) is 1. The third-order valence-corrected chi connectivity index (χ3v) is 15.1. The topological polar surface area (TPSA) is 434 Å². The highest BCUT2D eigenvalue weighted by Crippen LogP contribution is 2.61. The fraction of sp³-hybridized carbons (Fsp3) is 0.659. The first kappa shape index (κ1) is 62.2. The van der Waals surface area contributed by atoms with E-state index in [-0.39, 0.29) is 66.1 Å². The number of hydrogen-bond donors (Lipinski definition) is 12. The number of phosphoric acid groups is 3. The number of nitrogens with two attached hydrogens (primary N) is 1. The second kappa shape index (κ2) is 28.7. The van der Waals surface area contributed by atoms with Crippen LogP contribution in [0.4, 0.5) is 5.82 Å². The second-order valence-corrected chi connectivity index (χ2v) is 22.9. The number of amides is 2. The molecule has 0 aliphatic carbocycles. The molecular formula is C41H66N7O21P3S. The highest BCUT2D eigenvalue weighted by atomic mass is 32.2. The van der Waals surface area contributed by atoms with Crippen LogP contribution in [0.3, 0.4) is 0 Å². The van der Waals surface area contributed by atoms with Gasteiger partial charge in [0.25, 0.3) is 0 Å². The van der Waals surface area contributed by atoms with Gasteiger partial charge in [0, 0.05) is 49.4 Å². The number of rotatable bonds is 30. The number of aliphatic hydroxyl groups excluding tert-OH is 5. The second-order valence-electron chi connectivity index (χ2n) is 17.5. The Kier molecular flexibility index (Phi) is 24.4. The van der Waals surface area contributed by atoms with Gasteiger partial charge in [-0.1, -0.05) is 69.0 Å². The van der Waals surface area contributed by atoms with Crippen LogP contribution in [0.1, 0.15) is 78.4 Å². The number of nitrogens with one attached hydrogen (secondary N) is 2. The molecule has 12 atom stereocenters. The first-order valence-electron chi connectivity index (χ1n) is 22.9. The molecule has 4 heterocycles. The monoisotopic (exact) mass is 1120 g/mol. The fourth-order valence-corrected chi connectivity index (χ4v) is 10.8. The van der Waals surface area contributed by atoms with Crippen LogP contribution < -0.4 is 16.4 Å². The van der Waals surface area contributed by atoms with E-state index in [9.17, 15) is 73.2 Å². The van der Waals surface area contributed by atoms with Gasteiger partial charge in [-0.05, 0) is 32.1 Å². The summed E-state index contributed by atoms with van der Waals surface area (Å²) in [6.07, 6.45) is 3.83. The van der Waals surface area contributed by atoms with E-state index in [1.165, 1.54) is 13.8 Å². The van der Waals surface area contributed by atoms with E-state index >= 15 is 0 Å². The number of thioether (sulfide) groups is 1. The largest absolute Gasteiger partial charge is 0.481 e. The molecule has 73 heavy (non-hydrogen) atoms. The van der Waals surface area contributed by atoms with Gasteiger partial charge in [0.05, 0.1) is 37.9 Å². The predicted octanol–water partition coefficient (Wildman–Crippen LogP) is 1.14. The molecule has 0 saturated carbocycles. The maximum Gasteiger partial charge on any atom is 0.481 e. The lowest BCUT2D eigenvalue weighted by molar-refractivity contribution is -0.199. The van der Waals surface area contributed by atoms with Gasteiger partial charge in [0.1, 0.15) is 36.3 Å². The highest BCUT2D eigenvalue weighted by Gasteiger charge is 2.50. The number of carbonyl (C=O) groups excluding carboxylic acids is 3. The van der Waals surface area contributed by atoms with Gasteiger partial charge in [-0.2, -0.15) is 4.31 Å². The molecule has 0 spiro atoms. The number of aromatic nitrogens is 4. The van der Waals surface area contributed by atoms with Crippen molar-refractivity contribution in [3.63, 3.8) is 0 Å². The van der Waals surface area contributed by atoms with Crippen molar-refractivity contribution in [1.29, 1.82) is 0 Å². The molecule has 2 fully saturated rings. The molecule has 2 aliphatic heterocycles. The first-order valence-corrected chi connectivity index (χ1v) is 28.5. The number of allylic oxidation sites excluding steroid dienone is 3. The standard InChI is InChI=1S/C41H66N7O21P3S/c1-4-5-8-11-25(49)14-15-28-26(27(50)20-31(52)66-28)12-9-6-7-10-13-32(53)73-19-18-43-30(51)16-17-44-39(56)36(55)41(2,3)22-65-72(62,63)69-71(60,61)64-21-29-35(68-70(57,58)59)34(54)40(67-29)48-24-47-33-37(42)45-23-46-38(33)48/h5-6,8-9,14-15,23-29,31,34-36,40,49-50,52,54-55H,4,7,10-13,16-22H2,1-3H3,(H,43,51)(H,44,56)(H,60,61)(H,62,63)(H2,42,45,46)(H2,57,58,59)/b8-5+,9-6+,15-14+. The zero-order valence-electron chi connectivity index (χ0n) is 40.1. The van der Waals surface area contributed by atoms with Crippen molar-refractivity contribution in [2.75, 3.05) is 37.8 Å². The van der Waals surface area contributed by atoms with Gasteiger partial charge in [-0.15, -0.1) is 0 Å². The number of carbonyl (C=O) groups is 3. The van der Waals surface area contributed by atoms with Crippen molar-refractivity contribution in [2.45, 2.75) is 127 Å². The summed E-state index contributed by atoms with van der Waals surface area (Å²) in [5.74, 6) is -1.58. The van der Waals surface area contributed by atoms with Crippen molar-refractivity contribution < 1.29 is 101 Å². The fourth-order valence-electron chi connectivity index (χ4n) is 7.24. The van der Waals surface area contributed by atoms with E-state index in [1.54, 1.807) is 12.2 Å². The van der Waals surface area contributed by atoms with Crippen LogP contribution >= 0.6 is 35.2 Å². The minimum atomic E-state index is -5.60. The van der Waals surface area contributed by atoms with E-state index in [1.807, 2.05) is 31.2 Å². The molecule has 0 radical (unpaired) electrons. The lowest BCUT2D eigenvalue weighted by Gasteiger charge is -2.36. The summed E-state index contributed by atoms with van der Waals surface area (Å²) in [5.41, 5.74) is 4.22. The van der Waals surface area contributed by atoms with Crippen LogP contribution in [0, 0.1) is 11.3 Å². The number of nitrogens with zero attached hydrogens (tertiary/aromatic N) is 4. The molecule has 28 nitrogen and oxygen atoms in total. The zero-order chi connectivity index (χ0) is 54.1. The summed E-state index contributed by atoms with van der Waals surface area (Å²) >= 11 is 1.04. The van der Waals surface area contributed by atoms with E-state index in [0.29, 0.717) is 25.7 Å². The Balaban J connectivity index is 1.11. The quantitative estimate of drug-likeness (QED) is 0.0296. The Morgan fingerprint density at radius 1 is 0.973 bits per heavy atom. The molecule has 2 aromatic heterocycles. The number of imidazole rings is 1. The van der Waals surface area contributed by atoms with E-state index < -0.39 is 109 Å². The Hall–Kier alpha value is -3.38. The lowest BCUT2D eigenvalue weighted by atomic mass is 9.87. The van der Waals surface area contributed by atoms with Crippen molar-refractivity contribution >= 4 is 69.1 Å². The smallest absolute Gasteiger partial charge is 0.393 e. The third kappa shape index (κ3) is 20.6. The van der Waals surface area contributed by atoms with Gasteiger partial charge in [-0.3, -0.25) is 32.5 Å². The number of nitrogen functional groups attached to an aromatic ring is 1. The summed E-state index contributed by atoms with van der Waals surface area (Å²) in [7, 11) is -16.5. The predicted molar refractivity (Wildman–Crippen MR) is 259 cm³/mol. The average Bonchev–Trinajstić information content (AvgIpc) is 3.86. The molecule has 4 rings (SSSR count). The SMILES string of the molecule is CC/C=C/CC(O)/C=C/C1OC(O)CC(O)C1C/C=C/CCCC(=O)SCCNC(=O)CCNC(=O)C(O)C(C)(C)COP(=O)(O)OP(=O)(O)OCC1OC(n2cnc3c(N)ncnc32)C(O)C1OP(=O)(O)O. The third-order valence-electron chi connectivity index (χ3n) is 11.1. The Bertz CT molecular complexity index is 2370. The first-order chi connectivity index (χ1) is 34.2. The molecule has 2 aromatic rings. The molecule has 412 valence electrons. The number of phosphoric ester groups is 3. The van der Waals surface area contributed by atoms with Gasteiger partial charge in [0.2, 0.25) is 11.8 Å². The lowest BCUT2D eigenvalue weighted by Crippen LogP contribution is -2.46. The summed E-state index contributed by atoms with van der Waals surface area (Å²) in [5, 5.41) is 57.3. The molecule has 2 saturated heterocycles. The Labute approximate surface area is 424 Å². The summed E-state index contributed by atoms with van der Waals surface area (Å²) in [6, 6.07) is 0. The number of anilines is 1. The van der Waals surface area contributed by atoms with Crippen LogP contribution in [0.15, 0.2) is 49.1 Å². The molecule has 32 heteroatoms. The van der Waals surface area contributed by atoms with Crippen molar-refractivity contribution in [2.24, 2.45) is 11.3 Å². The Morgan fingerprint density at radius 2 is 1.70 bits per heavy atom. The van der Waals surface area contributed by atoms with Crippen molar-refractivity contribution in [1.82, 2.24) is 30.2 Å². The van der Waals surface area contributed by atoms with Crippen LogP contribution in [-0.4, -0.2) is 163 Å². The van der Waals surface area contributed by atoms with Crippen LogP contribution in [0.25, 0.3) is 11.2 Å². The van der Waals surface area contributed by atoms with E-state index in [0.717, 1.165) is 35.4 Å². The molecule has 0 aromatic carbocycles. The van der Waals surface area contributed by atoms with Crippen molar-refractivity contribution in [3.8, 4) is 0 Å². The van der Waals surface area contributed by atoms with E-state index in [2.05, 4.69) is 34.4 Å². The van der Waals surface area contributed by atoms with Gasteiger partial charge in [-0.25, -0.2) is 28.6 Å². The molecule has 12 unspecified atom stereocenters. The summed E-state index contributed by atoms with van der Waals surface area (Å²) < 4.78 is 68.1. The maximum atomic E-state index is 12.8. The molecule has 2 amide bonds. The van der Waals surface area contributed by atoms with Gasteiger partial charge in [0.15, 0.2) is 29.1 Å². The molecule has 13 N–H and O–H groups in total. The zero-order valence-corrected chi connectivity index (χ0v) is 43.6. The summed E-state index contributed by atoms with van der Waals surface area (Å²) in [4.78, 5) is 88.7. The van der Waals surface area contributed by atoms with Crippen LogP contribution in [-0.2, 0) is 55.4 Å². The number of aliphatic hydroxyl groups is 5. The summed E-state index contributed by atoms with van der Waals surface area (Å²) in [6.45, 7) is 2.32. The minimum absolute atomic E-state index is 0.0198. The van der Waals surface area contributed by atoms with Gasteiger partial charge < -0.3 is 70.9 Å². The molecular weight excluding hydrogens is 1050 g/mol.